The number of amides is 2. The van der Waals surface area contributed by atoms with Crippen LogP contribution in [0.25, 0.3) is 0 Å². The van der Waals surface area contributed by atoms with Gasteiger partial charge in [-0.15, -0.1) is 11.3 Å². The van der Waals surface area contributed by atoms with Crippen molar-refractivity contribution in [2.45, 2.75) is 51.5 Å². The number of anilines is 2. The number of nitrogens with one attached hydrogen (secondary N) is 2. The Hall–Kier alpha value is -3.19. The van der Waals surface area contributed by atoms with Gasteiger partial charge < -0.3 is 15.5 Å². The Balaban J connectivity index is 1.24. The van der Waals surface area contributed by atoms with Crippen LogP contribution in [0.4, 0.5) is 11.5 Å². The number of hydrogen-bond acceptors (Lipinski definition) is 5. The average molecular weight is 477 g/mol. The number of hydrogen-bond donors (Lipinski definition) is 2. The number of aromatic nitrogens is 1. The Kier molecular flexibility index (Phi) is 8.68. The van der Waals surface area contributed by atoms with Crippen LogP contribution in [-0.2, 0) is 17.8 Å². The van der Waals surface area contributed by atoms with Crippen LogP contribution in [-0.4, -0.2) is 29.9 Å². The highest BCUT2D eigenvalue weighted by Crippen LogP contribution is 2.18. The molecule has 1 aromatic carbocycles. The van der Waals surface area contributed by atoms with Gasteiger partial charge in [-0.25, -0.2) is 4.98 Å². The van der Waals surface area contributed by atoms with Crippen LogP contribution in [0.5, 0.6) is 0 Å². The van der Waals surface area contributed by atoms with Crippen molar-refractivity contribution in [1.82, 2.24) is 10.3 Å². The molecule has 0 atom stereocenters. The number of carbonyl (C=O) groups is 2. The van der Waals surface area contributed by atoms with Crippen molar-refractivity contribution < 1.29 is 9.59 Å². The summed E-state index contributed by atoms with van der Waals surface area (Å²) in [4.78, 5) is 33.2. The summed E-state index contributed by atoms with van der Waals surface area (Å²) in [5.74, 6) is 0.797. The fourth-order valence-electron chi connectivity index (χ4n) is 4.13. The van der Waals surface area contributed by atoms with Crippen LogP contribution in [0.1, 0.15) is 59.3 Å². The molecule has 3 aromatic rings. The highest BCUT2D eigenvalue weighted by molar-refractivity contribution is 7.09. The molecule has 2 N–H and O–H groups in total. The van der Waals surface area contributed by atoms with E-state index in [1.165, 1.54) is 30.6 Å². The Labute approximate surface area is 205 Å². The van der Waals surface area contributed by atoms with Crippen LogP contribution in [0, 0.1) is 0 Å². The van der Waals surface area contributed by atoms with Crippen molar-refractivity contribution in [2.75, 3.05) is 23.3 Å². The van der Waals surface area contributed by atoms with Crippen molar-refractivity contribution in [3.05, 3.63) is 76.1 Å². The number of benzene rings is 1. The zero-order chi connectivity index (χ0) is 23.6. The lowest BCUT2D eigenvalue weighted by molar-refractivity contribution is -0.116. The monoisotopic (exact) mass is 476 g/mol. The van der Waals surface area contributed by atoms with E-state index in [2.05, 4.69) is 26.6 Å². The molecular formula is C27H32N4O2S. The van der Waals surface area contributed by atoms with Crippen LogP contribution in [0.2, 0.25) is 0 Å². The molecule has 1 fully saturated rings. The fourth-order valence-corrected chi connectivity index (χ4v) is 4.88. The zero-order valence-electron chi connectivity index (χ0n) is 19.5. The molecule has 0 aliphatic carbocycles. The molecule has 0 saturated carbocycles. The van der Waals surface area contributed by atoms with Gasteiger partial charge in [-0.05, 0) is 67.0 Å². The van der Waals surface area contributed by atoms with Crippen LogP contribution in [0.3, 0.4) is 0 Å². The third kappa shape index (κ3) is 7.15. The number of rotatable bonds is 9. The molecule has 1 saturated heterocycles. The van der Waals surface area contributed by atoms with Gasteiger partial charge >= 0.3 is 0 Å². The highest BCUT2D eigenvalue weighted by atomic mass is 32.1. The minimum Gasteiger partial charge on any atom is -0.357 e. The molecule has 0 unspecified atom stereocenters. The Morgan fingerprint density at radius 2 is 1.85 bits per heavy atom. The SMILES string of the molecule is O=C(CCCc1cccs1)Nc1cccc(C(=O)NCc2ccc(N3CCCCCC3)nc2)c1. The van der Waals surface area contributed by atoms with E-state index in [9.17, 15) is 9.59 Å². The highest BCUT2D eigenvalue weighted by Gasteiger charge is 2.12. The molecular weight excluding hydrogens is 444 g/mol. The van der Waals surface area contributed by atoms with Crippen LogP contribution in [0.15, 0.2) is 60.1 Å². The maximum absolute atomic E-state index is 12.7. The van der Waals surface area contributed by atoms with E-state index in [0.29, 0.717) is 24.2 Å². The van der Waals surface area contributed by atoms with Crippen molar-refractivity contribution >= 4 is 34.7 Å². The number of thiophene rings is 1. The van der Waals surface area contributed by atoms with Crippen LogP contribution < -0.4 is 15.5 Å². The molecule has 2 aromatic heterocycles. The second-order valence-corrected chi connectivity index (χ2v) is 9.70. The van der Waals surface area contributed by atoms with Gasteiger partial charge in [0.05, 0.1) is 0 Å². The molecule has 2 amide bonds. The molecule has 0 bridgehead atoms. The first-order chi connectivity index (χ1) is 16.7. The molecule has 1 aliphatic rings. The molecule has 178 valence electrons. The average Bonchev–Trinajstić information content (AvgIpc) is 3.23. The molecule has 6 nitrogen and oxygen atoms in total. The molecule has 34 heavy (non-hydrogen) atoms. The van der Waals surface area contributed by atoms with E-state index in [0.717, 1.165) is 37.3 Å². The summed E-state index contributed by atoms with van der Waals surface area (Å²) >= 11 is 1.71. The third-order valence-electron chi connectivity index (χ3n) is 6.01. The fraction of sp³-hybridized carbons (Fsp3) is 0.370. The number of aryl methyl sites for hydroxylation is 1. The standard InChI is InChI=1S/C27H32N4O2S/c32-26(12-6-10-24-11-7-17-34-24)30-23-9-5-8-22(18-23)27(33)29-20-21-13-14-25(28-19-21)31-15-3-1-2-4-16-31/h5,7-9,11,13-14,17-19H,1-4,6,10,12,15-16,20H2,(H,29,33)(H,30,32). The molecule has 4 rings (SSSR count). The summed E-state index contributed by atoms with van der Waals surface area (Å²) in [6, 6.07) is 15.2. The van der Waals surface area contributed by atoms with Gasteiger partial charge in [0.25, 0.3) is 5.91 Å². The minimum absolute atomic E-state index is 0.0373. The molecule has 0 radical (unpaired) electrons. The third-order valence-corrected chi connectivity index (χ3v) is 6.94. The summed E-state index contributed by atoms with van der Waals surface area (Å²) in [5.41, 5.74) is 2.12. The minimum atomic E-state index is -0.176. The maximum atomic E-state index is 12.7. The summed E-state index contributed by atoms with van der Waals surface area (Å²) in [5, 5.41) is 7.90. The summed E-state index contributed by atoms with van der Waals surface area (Å²) < 4.78 is 0. The van der Waals surface area contributed by atoms with E-state index in [1.54, 1.807) is 35.6 Å². The topological polar surface area (TPSA) is 74.3 Å². The first-order valence-electron chi connectivity index (χ1n) is 12.1. The Bertz CT molecular complexity index is 1060. The van der Waals surface area contributed by atoms with E-state index in [4.69, 9.17) is 0 Å². The van der Waals surface area contributed by atoms with Crippen molar-refractivity contribution in [1.29, 1.82) is 0 Å². The maximum Gasteiger partial charge on any atom is 0.251 e. The zero-order valence-corrected chi connectivity index (χ0v) is 20.3. The van der Waals surface area contributed by atoms with Gasteiger partial charge in [0.2, 0.25) is 5.91 Å². The van der Waals surface area contributed by atoms with E-state index in [1.807, 2.05) is 29.8 Å². The van der Waals surface area contributed by atoms with Gasteiger partial charge in [-0.2, -0.15) is 0 Å². The summed E-state index contributed by atoms with van der Waals surface area (Å²) in [6.45, 7) is 2.53. The Morgan fingerprint density at radius 3 is 2.59 bits per heavy atom. The van der Waals surface area contributed by atoms with Crippen molar-refractivity contribution in [2.24, 2.45) is 0 Å². The number of pyridine rings is 1. The second-order valence-electron chi connectivity index (χ2n) is 8.67. The molecule has 7 heteroatoms. The van der Waals surface area contributed by atoms with Gasteiger partial charge in [0.1, 0.15) is 5.82 Å². The van der Waals surface area contributed by atoms with Gasteiger partial charge in [-0.1, -0.05) is 31.0 Å². The van der Waals surface area contributed by atoms with Gasteiger partial charge in [-0.3, -0.25) is 9.59 Å². The summed E-state index contributed by atoms with van der Waals surface area (Å²) in [7, 11) is 0. The normalized spacial score (nSPS) is 13.8. The first-order valence-corrected chi connectivity index (χ1v) is 13.0. The lowest BCUT2D eigenvalue weighted by Crippen LogP contribution is -2.25. The lowest BCUT2D eigenvalue weighted by Gasteiger charge is -2.21. The van der Waals surface area contributed by atoms with Crippen molar-refractivity contribution in [3.8, 4) is 0 Å². The predicted molar refractivity (Wildman–Crippen MR) is 138 cm³/mol. The predicted octanol–water partition coefficient (Wildman–Crippen LogP) is 5.41. The van der Waals surface area contributed by atoms with E-state index < -0.39 is 0 Å². The number of carbonyl (C=O) groups excluding carboxylic acids is 2. The molecule has 1 aliphatic heterocycles. The lowest BCUT2D eigenvalue weighted by atomic mass is 10.1. The second kappa shape index (κ2) is 12.3. The smallest absolute Gasteiger partial charge is 0.251 e. The molecule has 0 spiro atoms. The van der Waals surface area contributed by atoms with Gasteiger partial charge in [0.15, 0.2) is 0 Å². The first kappa shape index (κ1) is 24.0. The van der Waals surface area contributed by atoms with Crippen molar-refractivity contribution in [3.63, 3.8) is 0 Å². The largest absolute Gasteiger partial charge is 0.357 e. The van der Waals surface area contributed by atoms with Crippen LogP contribution >= 0.6 is 11.3 Å². The quantitative estimate of drug-likeness (QED) is 0.433. The number of nitrogens with zero attached hydrogens (tertiary/aromatic N) is 2. The van der Waals surface area contributed by atoms with Gasteiger partial charge in [0, 0.05) is 48.4 Å². The van der Waals surface area contributed by atoms with E-state index >= 15 is 0 Å². The summed E-state index contributed by atoms with van der Waals surface area (Å²) in [6.07, 6.45) is 9.02. The molecule has 3 heterocycles. The van der Waals surface area contributed by atoms with E-state index in [-0.39, 0.29) is 11.8 Å². The Morgan fingerprint density at radius 1 is 1.00 bits per heavy atom.